The Kier molecular flexibility index (Phi) is 4.77. The standard InChI is InChI=1S/C13H27NO2/c1-13(2,3)10-6-4-9(5-7-10)12(16)11(14)8-15/h9-12,15-16H,4-8,14H2,1-3H3. The van der Waals surface area contributed by atoms with Gasteiger partial charge in [0.2, 0.25) is 0 Å². The lowest BCUT2D eigenvalue weighted by molar-refractivity contribution is 0.0234. The fraction of sp³-hybridized carbons (Fsp3) is 1.00. The van der Waals surface area contributed by atoms with Crippen molar-refractivity contribution in [2.75, 3.05) is 6.61 Å². The van der Waals surface area contributed by atoms with Gasteiger partial charge in [-0.15, -0.1) is 0 Å². The molecule has 1 aliphatic rings. The van der Waals surface area contributed by atoms with Gasteiger partial charge in [-0.2, -0.15) is 0 Å². The molecule has 4 N–H and O–H groups in total. The Morgan fingerprint density at radius 2 is 1.69 bits per heavy atom. The molecular weight excluding hydrogens is 202 g/mol. The maximum atomic E-state index is 9.95. The van der Waals surface area contributed by atoms with Crippen LogP contribution in [-0.2, 0) is 0 Å². The second kappa shape index (κ2) is 5.48. The van der Waals surface area contributed by atoms with Crippen molar-refractivity contribution < 1.29 is 10.2 Å². The van der Waals surface area contributed by atoms with Crippen LogP contribution in [0.1, 0.15) is 46.5 Å². The first-order valence-corrected chi connectivity index (χ1v) is 6.40. The van der Waals surface area contributed by atoms with Gasteiger partial charge in [-0.1, -0.05) is 20.8 Å². The lowest BCUT2D eigenvalue weighted by Gasteiger charge is -2.39. The third kappa shape index (κ3) is 3.44. The molecule has 1 rings (SSSR count). The Bertz CT molecular complexity index is 204. The summed E-state index contributed by atoms with van der Waals surface area (Å²) in [6.45, 7) is 6.73. The van der Waals surface area contributed by atoms with Gasteiger partial charge in [-0.05, 0) is 42.9 Å². The van der Waals surface area contributed by atoms with Gasteiger partial charge < -0.3 is 15.9 Å². The summed E-state index contributed by atoms with van der Waals surface area (Å²) in [7, 11) is 0. The molecule has 0 aromatic rings. The Morgan fingerprint density at radius 1 is 1.19 bits per heavy atom. The van der Waals surface area contributed by atoms with Crippen LogP contribution in [0.15, 0.2) is 0 Å². The molecule has 0 amide bonds. The molecule has 1 saturated carbocycles. The van der Waals surface area contributed by atoms with Gasteiger partial charge in [-0.25, -0.2) is 0 Å². The smallest absolute Gasteiger partial charge is 0.0741 e. The average Bonchev–Trinajstić information content (AvgIpc) is 2.26. The lowest BCUT2D eigenvalue weighted by atomic mass is 9.68. The minimum atomic E-state index is -0.536. The fourth-order valence-corrected chi connectivity index (χ4v) is 2.78. The SMILES string of the molecule is CC(C)(C)C1CCC(C(O)C(N)CO)CC1. The molecule has 0 aromatic heterocycles. The van der Waals surface area contributed by atoms with Crippen LogP contribution in [0.4, 0.5) is 0 Å². The van der Waals surface area contributed by atoms with Crippen molar-refractivity contribution in [3.05, 3.63) is 0 Å². The topological polar surface area (TPSA) is 66.5 Å². The largest absolute Gasteiger partial charge is 0.395 e. The molecule has 16 heavy (non-hydrogen) atoms. The van der Waals surface area contributed by atoms with E-state index in [0.29, 0.717) is 5.41 Å². The van der Waals surface area contributed by atoms with Crippen molar-refractivity contribution in [1.82, 2.24) is 0 Å². The minimum Gasteiger partial charge on any atom is -0.395 e. The number of aliphatic hydroxyl groups is 2. The summed E-state index contributed by atoms with van der Waals surface area (Å²) in [4.78, 5) is 0. The quantitative estimate of drug-likeness (QED) is 0.687. The lowest BCUT2D eigenvalue weighted by Crippen LogP contribution is -2.44. The van der Waals surface area contributed by atoms with E-state index in [1.165, 1.54) is 12.8 Å². The highest BCUT2D eigenvalue weighted by Crippen LogP contribution is 2.40. The number of rotatable bonds is 3. The zero-order valence-electron chi connectivity index (χ0n) is 10.8. The van der Waals surface area contributed by atoms with Crippen LogP contribution in [0.3, 0.4) is 0 Å². The molecular formula is C13H27NO2. The predicted molar refractivity (Wildman–Crippen MR) is 66.0 cm³/mol. The second-order valence-electron chi connectivity index (χ2n) is 6.31. The van der Waals surface area contributed by atoms with Crippen LogP contribution >= 0.6 is 0 Å². The molecule has 2 atom stereocenters. The van der Waals surface area contributed by atoms with E-state index in [1.54, 1.807) is 0 Å². The van der Waals surface area contributed by atoms with E-state index in [9.17, 15) is 5.11 Å². The molecule has 0 aromatic carbocycles. The number of hydrogen-bond donors (Lipinski definition) is 3. The summed E-state index contributed by atoms with van der Waals surface area (Å²) in [5.74, 6) is 1.03. The number of nitrogens with two attached hydrogens (primary N) is 1. The number of hydrogen-bond acceptors (Lipinski definition) is 3. The Labute approximate surface area is 99.0 Å². The van der Waals surface area contributed by atoms with Gasteiger partial charge in [0.1, 0.15) is 0 Å². The molecule has 0 saturated heterocycles. The first-order valence-electron chi connectivity index (χ1n) is 6.40. The maximum absolute atomic E-state index is 9.95. The zero-order chi connectivity index (χ0) is 12.3. The van der Waals surface area contributed by atoms with Crippen LogP contribution in [0.25, 0.3) is 0 Å². The molecule has 1 fully saturated rings. The third-order valence-electron chi connectivity index (χ3n) is 4.13. The highest BCUT2D eigenvalue weighted by molar-refractivity contribution is 4.86. The van der Waals surface area contributed by atoms with Gasteiger partial charge >= 0.3 is 0 Å². The van der Waals surface area contributed by atoms with Crippen LogP contribution in [0.5, 0.6) is 0 Å². The van der Waals surface area contributed by atoms with Crippen molar-refractivity contribution in [2.45, 2.75) is 58.6 Å². The van der Waals surface area contributed by atoms with Crippen LogP contribution in [0, 0.1) is 17.3 Å². The first kappa shape index (κ1) is 13.9. The predicted octanol–water partition coefficient (Wildman–Crippen LogP) is 1.52. The van der Waals surface area contributed by atoms with Crippen LogP contribution in [0.2, 0.25) is 0 Å². The van der Waals surface area contributed by atoms with Crippen molar-refractivity contribution in [2.24, 2.45) is 23.0 Å². The van der Waals surface area contributed by atoms with E-state index >= 15 is 0 Å². The van der Waals surface area contributed by atoms with Gasteiger partial charge in [0.05, 0.1) is 18.8 Å². The number of aliphatic hydroxyl groups excluding tert-OH is 2. The molecule has 0 spiro atoms. The van der Waals surface area contributed by atoms with Gasteiger partial charge in [-0.3, -0.25) is 0 Å². The van der Waals surface area contributed by atoms with Crippen molar-refractivity contribution in [3.63, 3.8) is 0 Å². The molecule has 3 heteroatoms. The van der Waals surface area contributed by atoms with E-state index in [2.05, 4.69) is 20.8 Å². The first-order chi connectivity index (χ1) is 7.36. The third-order valence-corrected chi connectivity index (χ3v) is 4.13. The van der Waals surface area contributed by atoms with E-state index in [-0.39, 0.29) is 12.5 Å². The molecule has 0 bridgehead atoms. The maximum Gasteiger partial charge on any atom is 0.0741 e. The Morgan fingerprint density at radius 3 is 2.06 bits per heavy atom. The summed E-state index contributed by atoms with van der Waals surface area (Å²) < 4.78 is 0. The molecule has 0 aliphatic heterocycles. The normalized spacial score (nSPS) is 31.1. The minimum absolute atomic E-state index is 0.125. The summed E-state index contributed by atoms with van der Waals surface area (Å²) in [5, 5.41) is 18.9. The van der Waals surface area contributed by atoms with E-state index in [0.717, 1.165) is 18.8 Å². The van der Waals surface area contributed by atoms with E-state index in [4.69, 9.17) is 10.8 Å². The summed E-state index contributed by atoms with van der Waals surface area (Å²) in [6.07, 6.45) is 3.88. The Balaban J connectivity index is 2.43. The van der Waals surface area contributed by atoms with Crippen molar-refractivity contribution >= 4 is 0 Å². The average molecular weight is 229 g/mol. The van der Waals surface area contributed by atoms with E-state index < -0.39 is 12.1 Å². The Hall–Kier alpha value is -0.120. The second-order valence-corrected chi connectivity index (χ2v) is 6.31. The summed E-state index contributed by atoms with van der Waals surface area (Å²) in [6, 6.07) is -0.476. The van der Waals surface area contributed by atoms with Crippen molar-refractivity contribution in [3.8, 4) is 0 Å². The molecule has 0 radical (unpaired) electrons. The van der Waals surface area contributed by atoms with Crippen LogP contribution in [-0.4, -0.2) is 29.0 Å². The fourth-order valence-electron chi connectivity index (χ4n) is 2.78. The molecule has 2 unspecified atom stereocenters. The van der Waals surface area contributed by atoms with Gasteiger partial charge in [0.15, 0.2) is 0 Å². The summed E-state index contributed by atoms with van der Waals surface area (Å²) in [5.41, 5.74) is 6.04. The molecule has 3 nitrogen and oxygen atoms in total. The van der Waals surface area contributed by atoms with Crippen LogP contribution < -0.4 is 5.73 Å². The molecule has 1 aliphatic carbocycles. The highest BCUT2D eigenvalue weighted by Gasteiger charge is 2.33. The highest BCUT2D eigenvalue weighted by atomic mass is 16.3. The zero-order valence-corrected chi connectivity index (χ0v) is 10.8. The molecule has 96 valence electrons. The van der Waals surface area contributed by atoms with Gasteiger partial charge in [0.25, 0.3) is 0 Å². The monoisotopic (exact) mass is 229 g/mol. The van der Waals surface area contributed by atoms with E-state index in [1.807, 2.05) is 0 Å². The van der Waals surface area contributed by atoms with Crippen molar-refractivity contribution in [1.29, 1.82) is 0 Å². The molecule has 0 heterocycles. The van der Waals surface area contributed by atoms with Gasteiger partial charge in [0, 0.05) is 0 Å². The summed E-state index contributed by atoms with van der Waals surface area (Å²) >= 11 is 0.